The summed E-state index contributed by atoms with van der Waals surface area (Å²) < 4.78 is 0. The van der Waals surface area contributed by atoms with E-state index in [1.807, 2.05) is 52.8 Å². The molecule has 0 aliphatic carbocycles. The van der Waals surface area contributed by atoms with Crippen molar-refractivity contribution in [2.45, 2.75) is 116 Å². The molecule has 6 atom stereocenters. The molecule has 14 heteroatoms. The van der Waals surface area contributed by atoms with Crippen molar-refractivity contribution in [3.63, 3.8) is 0 Å². The van der Waals surface area contributed by atoms with E-state index in [-0.39, 0.29) is 43.2 Å². The van der Waals surface area contributed by atoms with Crippen LogP contribution in [0, 0.1) is 17.8 Å². The average Bonchev–Trinajstić information content (AvgIpc) is 3.06. The summed E-state index contributed by atoms with van der Waals surface area (Å²) in [5.41, 5.74) is 6.59. The second-order valence-corrected chi connectivity index (χ2v) is 15.0. The van der Waals surface area contributed by atoms with Crippen LogP contribution in [-0.2, 0) is 30.4 Å². The van der Waals surface area contributed by atoms with Gasteiger partial charge in [-0.2, -0.15) is 0 Å². The van der Waals surface area contributed by atoms with Crippen molar-refractivity contribution in [3.05, 3.63) is 30.1 Å². The number of carbonyl (C=O) groups is 5. The third-order valence-corrected chi connectivity index (χ3v) is 9.88. The van der Waals surface area contributed by atoms with Gasteiger partial charge in [-0.05, 0) is 81.7 Å². The number of likely N-dealkylation sites (N-methyl/N-ethyl adjacent to an activating group) is 3. The van der Waals surface area contributed by atoms with Crippen LogP contribution in [0.1, 0.15) is 85.8 Å². The van der Waals surface area contributed by atoms with E-state index in [1.54, 1.807) is 38.4 Å². The first-order valence-corrected chi connectivity index (χ1v) is 18.9. The number of primary amides is 1. The molecule has 1 aromatic rings. The van der Waals surface area contributed by atoms with Crippen molar-refractivity contribution >= 4 is 41.3 Å². The minimum absolute atomic E-state index is 0.0661. The molecule has 0 aliphatic heterocycles. The molecule has 0 aromatic carbocycles. The molecule has 0 bridgehead atoms. The SMILES string of the molecule is CC[C@H](NC(=O)C[C@H](O)[C@H](C)CCCc1ccccn1)C(=O)N(C)[C@H](SC)C(=O)N(C)[C@@H](CC(C)C)C(=O)NCN(C)[C@@H](CC(C)C)C(N)=O. The highest BCUT2D eigenvalue weighted by molar-refractivity contribution is 7.99. The Morgan fingerprint density at radius 1 is 0.940 bits per heavy atom. The quantitative estimate of drug-likeness (QED) is 0.124. The highest BCUT2D eigenvalue weighted by atomic mass is 32.2. The van der Waals surface area contributed by atoms with E-state index in [0.717, 1.165) is 30.3 Å². The number of aromatic nitrogens is 1. The number of nitrogens with two attached hydrogens (primary N) is 1. The molecule has 0 saturated heterocycles. The molecule has 0 unspecified atom stereocenters. The molecule has 0 spiro atoms. The van der Waals surface area contributed by atoms with Crippen molar-refractivity contribution < 1.29 is 29.1 Å². The minimum atomic E-state index is -0.960. The predicted molar refractivity (Wildman–Crippen MR) is 198 cm³/mol. The van der Waals surface area contributed by atoms with Gasteiger partial charge in [-0.3, -0.25) is 33.9 Å². The van der Waals surface area contributed by atoms with Crippen LogP contribution in [0.2, 0.25) is 0 Å². The van der Waals surface area contributed by atoms with E-state index in [4.69, 9.17) is 5.73 Å². The molecule has 5 N–H and O–H groups in total. The lowest BCUT2D eigenvalue weighted by Crippen LogP contribution is -2.57. The first kappa shape index (κ1) is 44.8. The van der Waals surface area contributed by atoms with Gasteiger partial charge in [0.05, 0.1) is 25.2 Å². The molecule has 1 aromatic heterocycles. The highest BCUT2D eigenvalue weighted by Crippen LogP contribution is 2.21. The summed E-state index contributed by atoms with van der Waals surface area (Å²) in [4.78, 5) is 74.6. The van der Waals surface area contributed by atoms with Crippen LogP contribution in [0.5, 0.6) is 0 Å². The number of hydrogen-bond acceptors (Lipinski definition) is 9. The van der Waals surface area contributed by atoms with Gasteiger partial charge < -0.3 is 31.3 Å². The van der Waals surface area contributed by atoms with Crippen molar-refractivity contribution in [1.29, 1.82) is 0 Å². The molecule has 284 valence electrons. The number of amides is 5. The summed E-state index contributed by atoms with van der Waals surface area (Å²) in [5, 5.41) is 15.4. The van der Waals surface area contributed by atoms with Crippen LogP contribution in [0.3, 0.4) is 0 Å². The van der Waals surface area contributed by atoms with Gasteiger partial charge >= 0.3 is 0 Å². The first-order chi connectivity index (χ1) is 23.4. The summed E-state index contributed by atoms with van der Waals surface area (Å²) in [7, 11) is 4.76. The summed E-state index contributed by atoms with van der Waals surface area (Å²) >= 11 is 1.15. The van der Waals surface area contributed by atoms with Crippen LogP contribution in [0.15, 0.2) is 24.4 Å². The molecule has 0 fully saturated rings. The second-order valence-electron chi connectivity index (χ2n) is 14.1. The van der Waals surface area contributed by atoms with Gasteiger partial charge in [-0.25, -0.2) is 0 Å². The number of nitrogens with zero attached hydrogens (tertiary/aromatic N) is 4. The first-order valence-electron chi connectivity index (χ1n) is 17.7. The molecule has 5 amide bonds. The van der Waals surface area contributed by atoms with Crippen molar-refractivity contribution in [3.8, 4) is 0 Å². The summed E-state index contributed by atoms with van der Waals surface area (Å²) in [6.45, 7) is 11.6. The lowest BCUT2D eigenvalue weighted by atomic mass is 9.95. The lowest BCUT2D eigenvalue weighted by molar-refractivity contribution is -0.146. The maximum Gasteiger partial charge on any atom is 0.256 e. The van der Waals surface area contributed by atoms with Crippen molar-refractivity contribution in [2.75, 3.05) is 34.1 Å². The number of thioether (sulfide) groups is 1. The average molecular weight is 722 g/mol. The molecule has 1 rings (SSSR count). The van der Waals surface area contributed by atoms with E-state index in [9.17, 15) is 29.1 Å². The standard InChI is InChI=1S/C36H63N7O6S/c1-11-27(40-31(45)21-30(44)25(6)15-14-17-26-16-12-13-18-38-26)34(48)43(9)36(50-10)35(49)42(8)29(20-24(4)5)33(47)39-22-41(7)28(32(37)46)19-23(2)3/h12-13,16,18,23-25,27-30,36,44H,11,14-15,17,19-22H2,1-10H3,(H2,37,46)(H,39,47)(H,40,45)/t25-,27+,28+,29+,30+,36-/m1/s1. The van der Waals surface area contributed by atoms with Gasteiger partial charge in [-0.1, -0.05) is 47.6 Å². The van der Waals surface area contributed by atoms with Gasteiger partial charge in [0.2, 0.25) is 23.6 Å². The summed E-state index contributed by atoms with van der Waals surface area (Å²) in [6, 6.07) is 3.47. The Morgan fingerprint density at radius 2 is 1.56 bits per heavy atom. The third-order valence-electron chi connectivity index (χ3n) is 8.92. The molecule has 1 heterocycles. The maximum atomic E-state index is 13.9. The van der Waals surface area contributed by atoms with Crippen LogP contribution in [0.25, 0.3) is 0 Å². The lowest BCUT2D eigenvalue weighted by Gasteiger charge is -2.35. The number of nitrogens with one attached hydrogen (secondary N) is 2. The van der Waals surface area contributed by atoms with Crippen LogP contribution in [-0.4, -0.2) is 118 Å². The minimum Gasteiger partial charge on any atom is -0.392 e. The fraction of sp³-hybridized carbons (Fsp3) is 0.722. The van der Waals surface area contributed by atoms with E-state index in [0.29, 0.717) is 19.3 Å². The second kappa shape index (κ2) is 22.6. The monoisotopic (exact) mass is 721 g/mol. The normalized spacial score (nSPS) is 15.2. The number of carbonyl (C=O) groups excluding carboxylic acids is 5. The number of pyridine rings is 1. The number of rotatable bonds is 23. The Labute approximate surface area is 303 Å². The molecular formula is C36H63N7O6S. The Morgan fingerprint density at radius 3 is 2.08 bits per heavy atom. The Hall–Kier alpha value is -3.23. The number of hydrogen-bond donors (Lipinski definition) is 4. The Balaban J connectivity index is 2.89. The molecule has 50 heavy (non-hydrogen) atoms. The van der Waals surface area contributed by atoms with Crippen LogP contribution in [0.4, 0.5) is 0 Å². The van der Waals surface area contributed by atoms with Crippen molar-refractivity contribution in [2.24, 2.45) is 23.5 Å². The fourth-order valence-corrected chi connectivity index (χ4v) is 6.51. The number of aliphatic hydroxyl groups excluding tert-OH is 1. The Bertz CT molecular complexity index is 1220. The van der Waals surface area contributed by atoms with Gasteiger partial charge in [0.1, 0.15) is 12.1 Å². The molecule has 13 nitrogen and oxygen atoms in total. The van der Waals surface area contributed by atoms with E-state index < -0.39 is 53.2 Å². The molecule has 0 aliphatic rings. The smallest absolute Gasteiger partial charge is 0.256 e. The van der Waals surface area contributed by atoms with E-state index >= 15 is 0 Å². The third kappa shape index (κ3) is 14.9. The zero-order valence-electron chi connectivity index (χ0n) is 31.8. The molecule has 0 saturated carbocycles. The molecular weight excluding hydrogens is 659 g/mol. The highest BCUT2D eigenvalue weighted by Gasteiger charge is 2.37. The van der Waals surface area contributed by atoms with Gasteiger partial charge in [-0.15, -0.1) is 11.8 Å². The largest absolute Gasteiger partial charge is 0.392 e. The van der Waals surface area contributed by atoms with Crippen LogP contribution < -0.4 is 16.4 Å². The topological polar surface area (TPSA) is 178 Å². The van der Waals surface area contributed by atoms with Gasteiger partial charge in [0, 0.05) is 26.0 Å². The van der Waals surface area contributed by atoms with Gasteiger partial charge in [0.15, 0.2) is 5.37 Å². The predicted octanol–water partition coefficient (Wildman–Crippen LogP) is 2.61. The van der Waals surface area contributed by atoms with Gasteiger partial charge in [0.25, 0.3) is 5.91 Å². The Kier molecular flexibility index (Phi) is 20.2. The van der Waals surface area contributed by atoms with E-state index in [1.165, 1.54) is 16.8 Å². The number of aryl methyl sites for hydroxylation is 1. The summed E-state index contributed by atoms with van der Waals surface area (Å²) in [6.07, 6.45) is 5.94. The maximum absolute atomic E-state index is 13.9. The van der Waals surface area contributed by atoms with Crippen LogP contribution >= 0.6 is 11.8 Å². The molecule has 0 radical (unpaired) electrons. The fourth-order valence-electron chi connectivity index (χ4n) is 5.72. The zero-order chi connectivity index (χ0) is 38.1. The zero-order valence-corrected chi connectivity index (χ0v) is 32.7. The number of aliphatic hydroxyl groups is 1. The van der Waals surface area contributed by atoms with Crippen molar-refractivity contribution in [1.82, 2.24) is 30.3 Å². The van der Waals surface area contributed by atoms with E-state index in [2.05, 4.69) is 15.6 Å². The summed E-state index contributed by atoms with van der Waals surface area (Å²) in [5.74, 6) is -2.02.